The summed E-state index contributed by atoms with van der Waals surface area (Å²) in [6.45, 7) is 6.19. The molecule has 2 aromatic rings. The van der Waals surface area contributed by atoms with E-state index < -0.39 is 0 Å². The molecule has 3 rings (SSSR count). The van der Waals surface area contributed by atoms with E-state index in [0.29, 0.717) is 18.1 Å². The van der Waals surface area contributed by atoms with Gasteiger partial charge in [-0.15, -0.1) is 0 Å². The van der Waals surface area contributed by atoms with Gasteiger partial charge in [-0.3, -0.25) is 0 Å². The number of amides is 2. The lowest BCUT2D eigenvalue weighted by molar-refractivity contribution is 0.200. The first-order chi connectivity index (χ1) is 12.5. The predicted octanol–water partition coefficient (Wildman–Crippen LogP) is 4.40. The van der Waals surface area contributed by atoms with E-state index in [1.54, 1.807) is 13.2 Å². The summed E-state index contributed by atoms with van der Waals surface area (Å²) in [5.74, 6) is 0.844. The Labute approximate surface area is 159 Å². The summed E-state index contributed by atoms with van der Waals surface area (Å²) in [5, 5.41) is 3.59. The maximum atomic E-state index is 12.6. The van der Waals surface area contributed by atoms with Crippen LogP contribution in [0, 0.1) is 6.92 Å². The van der Waals surface area contributed by atoms with Crippen LogP contribution in [-0.4, -0.2) is 43.7 Å². The second-order valence-corrected chi connectivity index (χ2v) is 6.99. The average molecular weight is 374 g/mol. The molecule has 1 aliphatic rings. The van der Waals surface area contributed by atoms with Crippen LogP contribution in [-0.2, 0) is 0 Å². The third kappa shape index (κ3) is 4.05. The van der Waals surface area contributed by atoms with E-state index in [4.69, 9.17) is 16.3 Å². The van der Waals surface area contributed by atoms with Crippen molar-refractivity contribution in [2.45, 2.75) is 19.9 Å². The zero-order chi connectivity index (χ0) is 18.7. The molecule has 26 heavy (non-hydrogen) atoms. The van der Waals surface area contributed by atoms with Crippen molar-refractivity contribution in [2.75, 3.05) is 37.0 Å². The van der Waals surface area contributed by atoms with Gasteiger partial charge in [-0.2, -0.15) is 0 Å². The Balaban J connectivity index is 1.61. The lowest BCUT2D eigenvalue weighted by Crippen LogP contribution is -2.54. The molecule has 1 aliphatic heterocycles. The van der Waals surface area contributed by atoms with Crippen molar-refractivity contribution >= 4 is 29.0 Å². The summed E-state index contributed by atoms with van der Waals surface area (Å²) in [5.41, 5.74) is 2.85. The number of carbonyl (C=O) groups excluding carboxylic acids is 1. The van der Waals surface area contributed by atoms with Crippen LogP contribution in [0.25, 0.3) is 0 Å². The molecule has 0 aromatic heterocycles. The Kier molecular flexibility index (Phi) is 5.57. The molecular weight excluding hydrogens is 350 g/mol. The Hall–Kier alpha value is -2.40. The summed E-state index contributed by atoms with van der Waals surface area (Å²) in [6, 6.07) is 13.7. The number of halogens is 1. The van der Waals surface area contributed by atoms with Crippen molar-refractivity contribution in [1.82, 2.24) is 4.90 Å². The normalized spacial score (nSPS) is 17.2. The van der Waals surface area contributed by atoms with Gasteiger partial charge in [0.15, 0.2) is 0 Å². The third-order valence-electron chi connectivity index (χ3n) is 4.74. The predicted molar refractivity (Wildman–Crippen MR) is 107 cm³/mol. The van der Waals surface area contributed by atoms with E-state index in [0.717, 1.165) is 29.2 Å². The molecular formula is C20H24ClN3O2. The van der Waals surface area contributed by atoms with E-state index in [1.807, 2.05) is 36.1 Å². The topological polar surface area (TPSA) is 44.8 Å². The van der Waals surface area contributed by atoms with Crippen LogP contribution in [0.2, 0.25) is 5.02 Å². The molecule has 0 aliphatic carbocycles. The van der Waals surface area contributed by atoms with Gasteiger partial charge in [0, 0.05) is 42.1 Å². The minimum Gasteiger partial charge on any atom is -0.497 e. The first-order valence-corrected chi connectivity index (χ1v) is 9.08. The number of nitrogens with zero attached hydrogens (tertiary/aromatic N) is 2. The van der Waals surface area contributed by atoms with Crippen molar-refractivity contribution in [2.24, 2.45) is 0 Å². The highest BCUT2D eigenvalue weighted by Gasteiger charge is 2.27. The van der Waals surface area contributed by atoms with Gasteiger partial charge in [0.25, 0.3) is 0 Å². The lowest BCUT2D eigenvalue weighted by Gasteiger charge is -2.41. The fraction of sp³-hybridized carbons (Fsp3) is 0.350. The van der Waals surface area contributed by atoms with Gasteiger partial charge in [0.2, 0.25) is 0 Å². The van der Waals surface area contributed by atoms with Gasteiger partial charge in [-0.05, 0) is 55.8 Å². The minimum absolute atomic E-state index is 0.0915. The van der Waals surface area contributed by atoms with Gasteiger partial charge in [-0.1, -0.05) is 17.7 Å². The summed E-state index contributed by atoms with van der Waals surface area (Å²) < 4.78 is 5.22. The molecule has 1 fully saturated rings. The first kappa shape index (κ1) is 18.4. The fourth-order valence-corrected chi connectivity index (χ4v) is 3.35. The molecule has 138 valence electrons. The average Bonchev–Trinajstić information content (AvgIpc) is 2.65. The molecule has 1 N–H and O–H groups in total. The number of urea groups is 1. The number of anilines is 2. The number of benzene rings is 2. The van der Waals surface area contributed by atoms with Crippen LogP contribution in [0.4, 0.5) is 16.2 Å². The SMILES string of the molecule is COc1ccc(N2CCN(C(=O)Nc3ccc(C)c(Cl)c3)CC2C)cc1. The van der Waals surface area contributed by atoms with Gasteiger partial charge < -0.3 is 19.9 Å². The lowest BCUT2D eigenvalue weighted by atomic mass is 10.1. The summed E-state index contributed by atoms with van der Waals surface area (Å²) in [6.07, 6.45) is 0. The molecule has 0 spiro atoms. The molecule has 1 saturated heterocycles. The second-order valence-electron chi connectivity index (χ2n) is 6.58. The van der Waals surface area contributed by atoms with Crippen LogP contribution >= 0.6 is 11.6 Å². The number of nitrogens with one attached hydrogen (secondary N) is 1. The van der Waals surface area contributed by atoms with Gasteiger partial charge in [0.05, 0.1) is 7.11 Å². The Morgan fingerprint density at radius 3 is 2.54 bits per heavy atom. The summed E-state index contributed by atoms with van der Waals surface area (Å²) in [7, 11) is 1.66. The van der Waals surface area contributed by atoms with Crippen molar-refractivity contribution in [3.8, 4) is 5.75 Å². The monoisotopic (exact) mass is 373 g/mol. The number of carbonyl (C=O) groups is 1. The third-order valence-corrected chi connectivity index (χ3v) is 5.15. The number of piperazine rings is 1. The molecule has 1 unspecified atom stereocenters. The first-order valence-electron chi connectivity index (χ1n) is 8.70. The Bertz CT molecular complexity index is 779. The highest BCUT2D eigenvalue weighted by atomic mass is 35.5. The molecule has 1 atom stereocenters. The molecule has 2 aromatic carbocycles. The van der Waals surface area contributed by atoms with E-state index in [1.165, 1.54) is 0 Å². The standard InChI is InChI=1S/C20H24ClN3O2/c1-14-4-5-16(12-19(14)21)22-20(25)23-10-11-24(15(2)13-23)17-6-8-18(26-3)9-7-17/h4-9,12,15H,10-11,13H2,1-3H3,(H,22,25). The number of rotatable bonds is 3. The largest absolute Gasteiger partial charge is 0.497 e. The minimum atomic E-state index is -0.0915. The second kappa shape index (κ2) is 7.87. The molecule has 2 amide bonds. The summed E-state index contributed by atoms with van der Waals surface area (Å²) >= 11 is 6.13. The molecule has 5 nitrogen and oxygen atoms in total. The van der Waals surface area contributed by atoms with E-state index in [9.17, 15) is 4.79 Å². The molecule has 0 bridgehead atoms. The molecule has 0 saturated carbocycles. The van der Waals surface area contributed by atoms with Crippen LogP contribution < -0.4 is 15.0 Å². The highest BCUT2D eigenvalue weighted by molar-refractivity contribution is 6.31. The van der Waals surface area contributed by atoms with Gasteiger partial charge >= 0.3 is 6.03 Å². The summed E-state index contributed by atoms with van der Waals surface area (Å²) in [4.78, 5) is 16.7. The van der Waals surface area contributed by atoms with E-state index >= 15 is 0 Å². The van der Waals surface area contributed by atoms with Crippen LogP contribution in [0.3, 0.4) is 0 Å². The van der Waals surface area contributed by atoms with E-state index in [2.05, 4.69) is 29.3 Å². The number of ether oxygens (including phenoxy) is 1. The van der Waals surface area contributed by atoms with Crippen molar-refractivity contribution < 1.29 is 9.53 Å². The zero-order valence-electron chi connectivity index (χ0n) is 15.3. The van der Waals surface area contributed by atoms with E-state index in [-0.39, 0.29) is 12.1 Å². The number of hydrogen-bond donors (Lipinski definition) is 1. The highest BCUT2D eigenvalue weighted by Crippen LogP contribution is 2.24. The fourth-order valence-electron chi connectivity index (χ4n) is 3.17. The molecule has 1 heterocycles. The van der Waals surface area contributed by atoms with Crippen molar-refractivity contribution in [1.29, 1.82) is 0 Å². The molecule has 6 heteroatoms. The van der Waals surface area contributed by atoms with Gasteiger partial charge in [-0.25, -0.2) is 4.79 Å². The van der Waals surface area contributed by atoms with Gasteiger partial charge in [0.1, 0.15) is 5.75 Å². The van der Waals surface area contributed by atoms with Crippen LogP contribution in [0.1, 0.15) is 12.5 Å². The number of hydrogen-bond acceptors (Lipinski definition) is 3. The van der Waals surface area contributed by atoms with Crippen molar-refractivity contribution in [3.63, 3.8) is 0 Å². The van der Waals surface area contributed by atoms with Crippen LogP contribution in [0.5, 0.6) is 5.75 Å². The maximum absolute atomic E-state index is 12.6. The van der Waals surface area contributed by atoms with Crippen molar-refractivity contribution in [3.05, 3.63) is 53.1 Å². The molecule has 0 radical (unpaired) electrons. The quantitative estimate of drug-likeness (QED) is 0.867. The van der Waals surface area contributed by atoms with Crippen LogP contribution in [0.15, 0.2) is 42.5 Å². The number of methoxy groups -OCH3 is 1. The Morgan fingerprint density at radius 2 is 1.92 bits per heavy atom. The Morgan fingerprint density at radius 1 is 1.19 bits per heavy atom. The maximum Gasteiger partial charge on any atom is 0.321 e. The number of aryl methyl sites for hydroxylation is 1. The zero-order valence-corrected chi connectivity index (χ0v) is 16.1. The smallest absolute Gasteiger partial charge is 0.321 e.